The van der Waals surface area contributed by atoms with Gasteiger partial charge in [-0.1, -0.05) is 35.5 Å². The molecule has 112 valence electrons. The first-order valence-corrected chi connectivity index (χ1v) is 6.98. The van der Waals surface area contributed by atoms with Crippen molar-refractivity contribution in [1.82, 2.24) is 10.6 Å². The smallest absolute Gasteiger partial charge is 0.264 e. The molecule has 0 unspecified atom stereocenters. The number of rotatable bonds is 5. The van der Waals surface area contributed by atoms with E-state index in [1.165, 1.54) is 0 Å². The highest BCUT2D eigenvalue weighted by Crippen LogP contribution is 2.16. The van der Waals surface area contributed by atoms with Gasteiger partial charge in [-0.2, -0.15) is 0 Å². The van der Waals surface area contributed by atoms with E-state index in [4.69, 9.17) is 4.84 Å². The molecule has 1 aliphatic rings. The Morgan fingerprint density at radius 1 is 1.38 bits per heavy atom. The maximum Gasteiger partial charge on any atom is 0.264 e. The van der Waals surface area contributed by atoms with Crippen LogP contribution in [0.3, 0.4) is 0 Å². The summed E-state index contributed by atoms with van der Waals surface area (Å²) in [6, 6.07) is 8.96. The van der Waals surface area contributed by atoms with Gasteiger partial charge in [-0.25, -0.2) is 0 Å². The molecule has 0 saturated carbocycles. The molecule has 0 saturated heterocycles. The van der Waals surface area contributed by atoms with Crippen molar-refractivity contribution in [3.05, 3.63) is 35.9 Å². The minimum absolute atomic E-state index is 0.215. The van der Waals surface area contributed by atoms with Crippen molar-refractivity contribution in [3.8, 4) is 0 Å². The van der Waals surface area contributed by atoms with Gasteiger partial charge in [0.1, 0.15) is 6.04 Å². The molecule has 1 aromatic rings. The molecule has 0 aliphatic carbocycles. The van der Waals surface area contributed by atoms with Crippen molar-refractivity contribution in [1.29, 1.82) is 0 Å². The summed E-state index contributed by atoms with van der Waals surface area (Å²) >= 11 is 0. The summed E-state index contributed by atoms with van der Waals surface area (Å²) in [5, 5.41) is 9.23. The van der Waals surface area contributed by atoms with Crippen LogP contribution >= 0.6 is 0 Å². The second-order valence-corrected chi connectivity index (χ2v) is 4.83. The number of nitrogens with zero attached hydrogens (tertiary/aromatic N) is 1. The van der Waals surface area contributed by atoms with E-state index in [0.717, 1.165) is 11.3 Å². The van der Waals surface area contributed by atoms with Crippen LogP contribution in [-0.2, 0) is 14.4 Å². The zero-order valence-corrected chi connectivity index (χ0v) is 12.1. The molecule has 0 aromatic heterocycles. The molecule has 0 radical (unpaired) electrons. The molecule has 1 aromatic carbocycles. The average molecular weight is 289 g/mol. The van der Waals surface area contributed by atoms with Crippen LogP contribution in [0, 0.1) is 0 Å². The quantitative estimate of drug-likeness (QED) is 0.842. The molecule has 0 spiro atoms. The normalized spacial score (nSPS) is 18.4. The van der Waals surface area contributed by atoms with Gasteiger partial charge in [-0.3, -0.25) is 9.59 Å². The fraction of sp³-hybridized carbons (Fsp3) is 0.400. The topological polar surface area (TPSA) is 79.8 Å². The standard InChI is InChI=1S/C15H19N3O3/c1-3-16-14(19)10(2)17-15(20)13-9-12(18-21-13)11-7-5-4-6-8-11/h4-8,10,13H,3,9H2,1-2H3,(H,16,19)(H,17,20)/t10-,13+/m0/s1. The Morgan fingerprint density at radius 3 is 2.76 bits per heavy atom. The molecule has 21 heavy (non-hydrogen) atoms. The van der Waals surface area contributed by atoms with Gasteiger partial charge in [0.05, 0.1) is 5.71 Å². The number of carbonyl (C=O) groups excluding carboxylic acids is 2. The minimum atomic E-state index is -0.683. The van der Waals surface area contributed by atoms with Crippen LogP contribution in [0.2, 0.25) is 0 Å². The summed E-state index contributed by atoms with van der Waals surface area (Å²) in [6.07, 6.45) is -0.282. The Balaban J connectivity index is 1.88. The van der Waals surface area contributed by atoms with Crippen LogP contribution in [0.25, 0.3) is 0 Å². The number of hydrogen-bond donors (Lipinski definition) is 2. The van der Waals surface area contributed by atoms with Gasteiger partial charge in [-0.15, -0.1) is 0 Å². The number of nitrogens with one attached hydrogen (secondary N) is 2. The predicted molar refractivity (Wildman–Crippen MR) is 78.8 cm³/mol. The number of carbonyl (C=O) groups is 2. The lowest BCUT2D eigenvalue weighted by Gasteiger charge is -2.15. The highest BCUT2D eigenvalue weighted by atomic mass is 16.6. The van der Waals surface area contributed by atoms with Crippen molar-refractivity contribution in [2.24, 2.45) is 5.16 Å². The van der Waals surface area contributed by atoms with Gasteiger partial charge in [0.25, 0.3) is 5.91 Å². The lowest BCUT2D eigenvalue weighted by Crippen LogP contribution is -2.48. The molecular weight excluding hydrogens is 270 g/mol. The van der Waals surface area contributed by atoms with E-state index >= 15 is 0 Å². The molecule has 2 atom stereocenters. The third-order valence-electron chi connectivity index (χ3n) is 3.17. The summed E-state index contributed by atoms with van der Waals surface area (Å²) in [6.45, 7) is 3.99. The monoisotopic (exact) mass is 289 g/mol. The fourth-order valence-electron chi connectivity index (χ4n) is 2.02. The number of benzene rings is 1. The lowest BCUT2D eigenvalue weighted by molar-refractivity contribution is -0.135. The highest BCUT2D eigenvalue weighted by Gasteiger charge is 2.30. The van der Waals surface area contributed by atoms with Gasteiger partial charge in [0, 0.05) is 13.0 Å². The van der Waals surface area contributed by atoms with Crippen molar-refractivity contribution < 1.29 is 14.4 Å². The van der Waals surface area contributed by atoms with Crippen LogP contribution in [-0.4, -0.2) is 36.2 Å². The zero-order chi connectivity index (χ0) is 15.2. The first-order chi connectivity index (χ1) is 10.1. The summed E-state index contributed by atoms with van der Waals surface area (Å²) < 4.78 is 0. The Hall–Kier alpha value is -2.37. The van der Waals surface area contributed by atoms with Gasteiger partial charge < -0.3 is 15.5 Å². The van der Waals surface area contributed by atoms with Crippen molar-refractivity contribution in [2.75, 3.05) is 6.54 Å². The summed E-state index contributed by atoms with van der Waals surface area (Å²) in [7, 11) is 0. The number of hydrogen-bond acceptors (Lipinski definition) is 4. The maximum absolute atomic E-state index is 12.1. The van der Waals surface area contributed by atoms with E-state index in [-0.39, 0.29) is 11.8 Å². The van der Waals surface area contributed by atoms with E-state index in [9.17, 15) is 9.59 Å². The number of likely N-dealkylation sites (N-methyl/N-ethyl adjacent to an activating group) is 1. The molecule has 2 rings (SSSR count). The van der Waals surface area contributed by atoms with Crippen LogP contribution < -0.4 is 10.6 Å². The third kappa shape index (κ3) is 3.81. The number of amides is 2. The van der Waals surface area contributed by atoms with Gasteiger partial charge in [0.2, 0.25) is 12.0 Å². The van der Waals surface area contributed by atoms with E-state index in [0.29, 0.717) is 13.0 Å². The van der Waals surface area contributed by atoms with Crippen LogP contribution in [0.15, 0.2) is 35.5 Å². The summed E-state index contributed by atoms with van der Waals surface area (Å²) in [4.78, 5) is 28.8. The largest absolute Gasteiger partial charge is 0.382 e. The van der Waals surface area contributed by atoms with Crippen molar-refractivity contribution in [2.45, 2.75) is 32.4 Å². The van der Waals surface area contributed by atoms with Crippen LogP contribution in [0.4, 0.5) is 0 Å². The first kappa shape index (κ1) is 15.0. The molecule has 1 heterocycles. The van der Waals surface area contributed by atoms with Crippen LogP contribution in [0.1, 0.15) is 25.8 Å². The minimum Gasteiger partial charge on any atom is -0.382 e. The third-order valence-corrected chi connectivity index (χ3v) is 3.17. The molecule has 2 N–H and O–H groups in total. The van der Waals surface area contributed by atoms with E-state index in [2.05, 4.69) is 15.8 Å². The SMILES string of the molecule is CCNC(=O)[C@H](C)NC(=O)[C@H]1CC(c2ccccc2)=NO1. The molecule has 2 amide bonds. The molecule has 1 aliphatic heterocycles. The second kappa shape index (κ2) is 6.88. The average Bonchev–Trinajstić information content (AvgIpc) is 2.98. The summed E-state index contributed by atoms with van der Waals surface area (Å²) in [5.74, 6) is -0.545. The fourth-order valence-corrected chi connectivity index (χ4v) is 2.02. The molecule has 0 fully saturated rings. The second-order valence-electron chi connectivity index (χ2n) is 4.83. The predicted octanol–water partition coefficient (Wildman–Crippen LogP) is 0.820. The molecule has 6 nitrogen and oxygen atoms in total. The van der Waals surface area contributed by atoms with E-state index in [1.807, 2.05) is 37.3 Å². The Morgan fingerprint density at radius 2 is 2.10 bits per heavy atom. The highest BCUT2D eigenvalue weighted by molar-refractivity contribution is 6.04. The lowest BCUT2D eigenvalue weighted by atomic mass is 10.0. The molecule has 0 bridgehead atoms. The van der Waals surface area contributed by atoms with Crippen molar-refractivity contribution >= 4 is 17.5 Å². The maximum atomic E-state index is 12.1. The Kier molecular flexibility index (Phi) is 4.92. The van der Waals surface area contributed by atoms with Crippen molar-refractivity contribution in [3.63, 3.8) is 0 Å². The Labute approximate surface area is 123 Å². The van der Waals surface area contributed by atoms with E-state index < -0.39 is 12.1 Å². The zero-order valence-electron chi connectivity index (χ0n) is 12.1. The Bertz CT molecular complexity index is 542. The molecular formula is C15H19N3O3. The first-order valence-electron chi connectivity index (χ1n) is 6.98. The van der Waals surface area contributed by atoms with E-state index in [1.54, 1.807) is 6.92 Å². The number of oxime groups is 1. The van der Waals surface area contributed by atoms with Gasteiger partial charge in [0.15, 0.2) is 0 Å². The van der Waals surface area contributed by atoms with Crippen LogP contribution in [0.5, 0.6) is 0 Å². The van der Waals surface area contributed by atoms with Gasteiger partial charge >= 0.3 is 0 Å². The summed E-state index contributed by atoms with van der Waals surface area (Å²) in [5.41, 5.74) is 1.67. The van der Waals surface area contributed by atoms with Gasteiger partial charge in [-0.05, 0) is 19.4 Å². The molecule has 6 heteroatoms.